The van der Waals surface area contributed by atoms with Gasteiger partial charge in [0.05, 0.1) is 35.6 Å². The maximum atomic E-state index is 6.10. The van der Waals surface area contributed by atoms with E-state index in [4.69, 9.17) is 15.2 Å². The largest absolute Gasteiger partial charge is 0.489 e. The Morgan fingerprint density at radius 1 is 1.10 bits per heavy atom. The fraction of sp³-hybridized carbons (Fsp3) is 0.250. The minimum atomic E-state index is 0.523. The molecule has 0 amide bonds. The number of nitrogens with two attached hydrogens (primary N) is 1. The zero-order valence-corrected chi connectivity index (χ0v) is 17.3. The highest BCUT2D eigenvalue weighted by Crippen LogP contribution is 2.34. The van der Waals surface area contributed by atoms with Gasteiger partial charge in [0.2, 0.25) is 0 Å². The molecule has 31 heavy (non-hydrogen) atoms. The van der Waals surface area contributed by atoms with Crippen LogP contribution in [0.15, 0.2) is 61.1 Å². The number of H-pyrrole nitrogens is 1. The van der Waals surface area contributed by atoms with E-state index in [1.165, 1.54) is 0 Å². The van der Waals surface area contributed by atoms with Crippen molar-refractivity contribution in [1.29, 1.82) is 0 Å². The van der Waals surface area contributed by atoms with Crippen molar-refractivity contribution in [3.8, 4) is 17.0 Å². The summed E-state index contributed by atoms with van der Waals surface area (Å²) < 4.78 is 11.3. The van der Waals surface area contributed by atoms with Gasteiger partial charge in [0.1, 0.15) is 18.7 Å². The molecule has 5 rings (SSSR count). The normalized spacial score (nSPS) is 15.2. The van der Waals surface area contributed by atoms with Crippen LogP contribution in [0.25, 0.3) is 33.1 Å². The smallest absolute Gasteiger partial charge is 0.121 e. The summed E-state index contributed by atoms with van der Waals surface area (Å²) in [6.45, 7) is 5.06. The number of fused-ring (bicyclic) bond motifs is 2. The monoisotopic (exact) mass is 415 g/mol. The van der Waals surface area contributed by atoms with Gasteiger partial charge in [-0.15, -0.1) is 0 Å². The molecule has 4 aromatic rings. The van der Waals surface area contributed by atoms with E-state index < -0.39 is 0 Å². The predicted molar refractivity (Wildman–Crippen MR) is 123 cm³/mol. The lowest BCUT2D eigenvalue weighted by Crippen LogP contribution is -2.36. The zero-order valence-electron chi connectivity index (χ0n) is 17.3. The summed E-state index contributed by atoms with van der Waals surface area (Å²) in [6, 6.07) is 11.8. The van der Waals surface area contributed by atoms with Crippen LogP contribution in [0.2, 0.25) is 0 Å². The molecule has 7 nitrogen and oxygen atoms in total. The highest BCUT2D eigenvalue weighted by molar-refractivity contribution is 6.05. The molecule has 3 N–H and O–H groups in total. The first kappa shape index (κ1) is 19.5. The summed E-state index contributed by atoms with van der Waals surface area (Å²) in [6.07, 6.45) is 7.75. The van der Waals surface area contributed by atoms with E-state index in [0.29, 0.717) is 6.61 Å². The fourth-order valence-electron chi connectivity index (χ4n) is 3.93. The number of anilines is 1. The molecule has 0 spiro atoms. The Labute approximate surface area is 180 Å². The minimum Gasteiger partial charge on any atom is -0.489 e. The first-order valence-corrected chi connectivity index (χ1v) is 10.5. The van der Waals surface area contributed by atoms with Crippen LogP contribution in [0.5, 0.6) is 5.75 Å². The SMILES string of the molecule is Nc1cccc2c(-c3ncnc4cc(OCC=CCN5CCOCC5)ccc34)c[nH]c12. The molecule has 2 aromatic carbocycles. The lowest BCUT2D eigenvalue weighted by molar-refractivity contribution is 0.0434. The maximum Gasteiger partial charge on any atom is 0.121 e. The van der Waals surface area contributed by atoms with Gasteiger partial charge in [0.25, 0.3) is 0 Å². The second-order valence-electron chi connectivity index (χ2n) is 7.57. The van der Waals surface area contributed by atoms with Gasteiger partial charge in [0, 0.05) is 48.2 Å². The van der Waals surface area contributed by atoms with Crippen molar-refractivity contribution in [3.05, 3.63) is 61.1 Å². The van der Waals surface area contributed by atoms with Crippen LogP contribution < -0.4 is 10.5 Å². The van der Waals surface area contributed by atoms with E-state index in [9.17, 15) is 0 Å². The number of ether oxygens (including phenoxy) is 2. The summed E-state index contributed by atoms with van der Waals surface area (Å²) in [7, 11) is 0. The van der Waals surface area contributed by atoms with Gasteiger partial charge < -0.3 is 20.2 Å². The van der Waals surface area contributed by atoms with Gasteiger partial charge in [-0.1, -0.05) is 24.3 Å². The maximum absolute atomic E-state index is 6.10. The number of aromatic amines is 1. The van der Waals surface area contributed by atoms with Crippen LogP contribution in [0.4, 0.5) is 5.69 Å². The molecule has 0 bridgehead atoms. The second-order valence-corrected chi connectivity index (χ2v) is 7.57. The third-order valence-corrected chi connectivity index (χ3v) is 5.59. The Balaban J connectivity index is 1.32. The Hall–Kier alpha value is -3.42. The van der Waals surface area contributed by atoms with Crippen LogP contribution in [0.1, 0.15) is 0 Å². The standard InChI is InChI=1S/C24H25N5O2/c25-21-5-3-4-18-20(15-26-24(18)21)23-19-7-6-17(14-22(19)27-16-28-23)31-11-2-1-8-29-9-12-30-13-10-29/h1-7,14-16,26H,8-13,25H2. The van der Waals surface area contributed by atoms with E-state index in [2.05, 4.69) is 32.0 Å². The predicted octanol–water partition coefficient (Wildman–Crippen LogP) is 3.63. The molecular weight excluding hydrogens is 390 g/mol. The first-order valence-electron chi connectivity index (χ1n) is 10.5. The number of para-hydroxylation sites is 1. The number of nitrogen functional groups attached to an aromatic ring is 1. The molecular formula is C24H25N5O2. The molecule has 3 heterocycles. The summed E-state index contributed by atoms with van der Waals surface area (Å²) in [5.41, 5.74) is 10.5. The number of nitrogens with zero attached hydrogens (tertiary/aromatic N) is 3. The van der Waals surface area contributed by atoms with Crippen molar-refractivity contribution >= 4 is 27.5 Å². The molecule has 158 valence electrons. The summed E-state index contributed by atoms with van der Waals surface area (Å²) in [4.78, 5) is 14.6. The molecule has 1 saturated heterocycles. The first-order chi connectivity index (χ1) is 15.3. The van der Waals surface area contributed by atoms with E-state index in [0.717, 1.165) is 77.3 Å². The summed E-state index contributed by atoms with van der Waals surface area (Å²) >= 11 is 0. The van der Waals surface area contributed by atoms with Crippen molar-refractivity contribution in [2.75, 3.05) is 45.2 Å². The molecule has 0 radical (unpaired) electrons. The zero-order chi connectivity index (χ0) is 21.0. The summed E-state index contributed by atoms with van der Waals surface area (Å²) in [5.74, 6) is 0.788. The van der Waals surface area contributed by atoms with E-state index in [1.807, 2.05) is 42.6 Å². The molecule has 1 aliphatic rings. The Morgan fingerprint density at radius 2 is 2.00 bits per heavy atom. The van der Waals surface area contributed by atoms with E-state index >= 15 is 0 Å². The van der Waals surface area contributed by atoms with Crippen molar-refractivity contribution in [3.63, 3.8) is 0 Å². The highest BCUT2D eigenvalue weighted by atomic mass is 16.5. The van der Waals surface area contributed by atoms with Crippen molar-refractivity contribution in [1.82, 2.24) is 19.9 Å². The minimum absolute atomic E-state index is 0.523. The number of nitrogens with one attached hydrogen (secondary N) is 1. The number of benzene rings is 2. The number of rotatable bonds is 6. The number of hydrogen-bond acceptors (Lipinski definition) is 6. The Kier molecular flexibility index (Phi) is 5.52. The average Bonchev–Trinajstić information content (AvgIpc) is 3.24. The number of hydrogen-bond donors (Lipinski definition) is 2. The molecule has 1 aliphatic heterocycles. The van der Waals surface area contributed by atoms with Crippen molar-refractivity contribution in [2.45, 2.75) is 0 Å². The van der Waals surface area contributed by atoms with Gasteiger partial charge in [-0.2, -0.15) is 0 Å². The van der Waals surface area contributed by atoms with Gasteiger partial charge >= 0.3 is 0 Å². The van der Waals surface area contributed by atoms with Crippen LogP contribution >= 0.6 is 0 Å². The van der Waals surface area contributed by atoms with Gasteiger partial charge in [0.15, 0.2) is 0 Å². The van der Waals surface area contributed by atoms with Crippen LogP contribution in [-0.4, -0.2) is 59.3 Å². The lowest BCUT2D eigenvalue weighted by Gasteiger charge is -2.25. The third kappa shape index (κ3) is 4.10. The quantitative estimate of drug-likeness (QED) is 0.369. The molecule has 1 fully saturated rings. The molecule has 2 aromatic heterocycles. The van der Waals surface area contributed by atoms with Gasteiger partial charge in [-0.3, -0.25) is 4.90 Å². The van der Waals surface area contributed by atoms with Gasteiger partial charge in [-0.05, 0) is 18.2 Å². The lowest BCUT2D eigenvalue weighted by atomic mass is 10.1. The second kappa shape index (κ2) is 8.75. The summed E-state index contributed by atoms with van der Waals surface area (Å²) in [5, 5.41) is 2.02. The molecule has 0 aliphatic carbocycles. The van der Waals surface area contributed by atoms with Crippen molar-refractivity contribution < 1.29 is 9.47 Å². The average molecular weight is 415 g/mol. The Bertz CT molecular complexity index is 1230. The molecule has 0 atom stereocenters. The van der Waals surface area contributed by atoms with Crippen LogP contribution in [0.3, 0.4) is 0 Å². The number of aromatic nitrogens is 3. The third-order valence-electron chi connectivity index (χ3n) is 5.59. The van der Waals surface area contributed by atoms with Gasteiger partial charge in [-0.25, -0.2) is 9.97 Å². The molecule has 0 unspecified atom stereocenters. The Morgan fingerprint density at radius 3 is 2.90 bits per heavy atom. The number of morpholine rings is 1. The molecule has 0 saturated carbocycles. The molecule has 7 heteroatoms. The van der Waals surface area contributed by atoms with Crippen molar-refractivity contribution in [2.24, 2.45) is 0 Å². The van der Waals surface area contributed by atoms with Crippen LogP contribution in [-0.2, 0) is 4.74 Å². The highest BCUT2D eigenvalue weighted by Gasteiger charge is 2.13. The van der Waals surface area contributed by atoms with E-state index in [1.54, 1.807) is 6.33 Å². The van der Waals surface area contributed by atoms with E-state index in [-0.39, 0.29) is 0 Å². The van der Waals surface area contributed by atoms with Crippen LogP contribution in [0, 0.1) is 0 Å². The topological polar surface area (TPSA) is 89.3 Å². The fourth-order valence-corrected chi connectivity index (χ4v) is 3.93.